The fourth-order valence-corrected chi connectivity index (χ4v) is 3.08. The van der Waals surface area contributed by atoms with Crippen molar-refractivity contribution in [3.63, 3.8) is 0 Å². The van der Waals surface area contributed by atoms with Crippen LogP contribution in [0, 0.1) is 23.0 Å². The first-order valence-electron chi connectivity index (χ1n) is 8.35. The van der Waals surface area contributed by atoms with Crippen molar-refractivity contribution in [3.8, 4) is 0 Å². The topological polar surface area (TPSA) is 75.5 Å². The zero-order valence-electron chi connectivity index (χ0n) is 14.4. The summed E-state index contributed by atoms with van der Waals surface area (Å²) in [6.07, 6.45) is 1.20. The van der Waals surface area contributed by atoms with E-state index in [2.05, 4.69) is 17.1 Å². The molecule has 3 rings (SSSR count). The van der Waals surface area contributed by atoms with Crippen molar-refractivity contribution in [1.29, 1.82) is 0 Å². The summed E-state index contributed by atoms with van der Waals surface area (Å²) in [5.41, 5.74) is 2.57. The van der Waals surface area contributed by atoms with E-state index in [1.807, 2.05) is 24.3 Å². The van der Waals surface area contributed by atoms with Gasteiger partial charge < -0.3 is 10.2 Å². The lowest BCUT2D eigenvalue weighted by molar-refractivity contribution is -0.385. The molecule has 6 nitrogen and oxygen atoms in total. The highest BCUT2D eigenvalue weighted by Gasteiger charge is 2.19. The molecule has 0 saturated carbocycles. The van der Waals surface area contributed by atoms with Crippen LogP contribution in [0.1, 0.15) is 29.3 Å². The number of rotatable bonds is 4. The number of nitro benzene ring substituents is 1. The van der Waals surface area contributed by atoms with E-state index in [0.717, 1.165) is 18.8 Å². The van der Waals surface area contributed by atoms with Gasteiger partial charge in [0.2, 0.25) is 0 Å². The van der Waals surface area contributed by atoms with Gasteiger partial charge in [-0.05, 0) is 49.6 Å². The third-order valence-electron chi connectivity index (χ3n) is 4.58. The summed E-state index contributed by atoms with van der Waals surface area (Å²) in [5, 5.41) is 13.8. The van der Waals surface area contributed by atoms with E-state index in [4.69, 9.17) is 0 Å². The molecule has 6 heteroatoms. The van der Waals surface area contributed by atoms with Crippen LogP contribution in [-0.4, -0.2) is 23.9 Å². The van der Waals surface area contributed by atoms with Gasteiger partial charge in [0.25, 0.3) is 11.6 Å². The fourth-order valence-electron chi connectivity index (χ4n) is 3.08. The van der Waals surface area contributed by atoms with Gasteiger partial charge in [-0.2, -0.15) is 0 Å². The highest BCUT2D eigenvalue weighted by Crippen LogP contribution is 2.25. The number of hydrogen-bond acceptors (Lipinski definition) is 4. The molecule has 0 bridgehead atoms. The number of carbonyl (C=O) groups excluding carboxylic acids is 1. The molecule has 0 radical (unpaired) electrons. The Bertz CT molecular complexity index is 802. The predicted octanol–water partition coefficient (Wildman–Crippen LogP) is 4.00. The maximum atomic E-state index is 12.3. The highest BCUT2D eigenvalue weighted by molar-refractivity contribution is 6.04. The third-order valence-corrected chi connectivity index (χ3v) is 4.58. The summed E-state index contributed by atoms with van der Waals surface area (Å²) in [5.74, 6) is 0.349. The minimum Gasteiger partial charge on any atom is -0.371 e. The van der Waals surface area contributed by atoms with Crippen molar-refractivity contribution in [3.05, 3.63) is 63.7 Å². The number of anilines is 2. The van der Waals surface area contributed by atoms with Crippen LogP contribution in [-0.2, 0) is 0 Å². The number of hydrogen-bond donors (Lipinski definition) is 1. The van der Waals surface area contributed by atoms with E-state index in [-0.39, 0.29) is 17.2 Å². The molecule has 1 N–H and O–H groups in total. The van der Waals surface area contributed by atoms with Gasteiger partial charge in [-0.3, -0.25) is 14.9 Å². The summed E-state index contributed by atoms with van der Waals surface area (Å²) in [6, 6.07) is 12.2. The number of benzene rings is 2. The first kappa shape index (κ1) is 17.0. The van der Waals surface area contributed by atoms with Gasteiger partial charge in [0.05, 0.1) is 4.92 Å². The van der Waals surface area contributed by atoms with Gasteiger partial charge in [-0.15, -0.1) is 0 Å². The number of nitrogens with zero attached hydrogens (tertiary/aromatic N) is 2. The number of carbonyl (C=O) groups is 1. The van der Waals surface area contributed by atoms with Crippen LogP contribution < -0.4 is 10.2 Å². The van der Waals surface area contributed by atoms with Crippen molar-refractivity contribution in [2.24, 2.45) is 5.92 Å². The Morgan fingerprint density at radius 2 is 1.96 bits per heavy atom. The molecule has 2 aromatic carbocycles. The van der Waals surface area contributed by atoms with Crippen molar-refractivity contribution in [2.75, 3.05) is 23.3 Å². The Labute approximate surface area is 146 Å². The number of amides is 1. The fraction of sp³-hybridized carbons (Fsp3) is 0.316. The van der Waals surface area contributed by atoms with E-state index in [1.165, 1.54) is 12.5 Å². The van der Waals surface area contributed by atoms with Gasteiger partial charge in [-0.25, -0.2) is 0 Å². The SMILES string of the molecule is Cc1ccc(C(=O)Nc2ccc(N3CCC(C)C3)cc2)cc1[N+](=O)[O-]. The maximum Gasteiger partial charge on any atom is 0.273 e. The van der Waals surface area contributed by atoms with Crippen LogP contribution in [0.15, 0.2) is 42.5 Å². The van der Waals surface area contributed by atoms with Crippen LogP contribution >= 0.6 is 0 Å². The summed E-state index contributed by atoms with van der Waals surface area (Å²) in [7, 11) is 0. The van der Waals surface area contributed by atoms with E-state index in [9.17, 15) is 14.9 Å². The molecule has 25 heavy (non-hydrogen) atoms. The Morgan fingerprint density at radius 1 is 1.24 bits per heavy atom. The highest BCUT2D eigenvalue weighted by atomic mass is 16.6. The molecular weight excluding hydrogens is 318 g/mol. The van der Waals surface area contributed by atoms with Gasteiger partial charge in [0.1, 0.15) is 0 Å². The van der Waals surface area contributed by atoms with Crippen LogP contribution in [0.25, 0.3) is 0 Å². The van der Waals surface area contributed by atoms with Crippen molar-refractivity contribution >= 4 is 23.0 Å². The molecule has 2 aromatic rings. The molecule has 1 unspecified atom stereocenters. The first-order chi connectivity index (χ1) is 11.9. The molecule has 1 amide bonds. The standard InChI is InChI=1S/C19H21N3O3/c1-13-9-10-21(12-13)17-7-5-16(6-8-17)20-19(23)15-4-3-14(2)18(11-15)22(24)25/h3-8,11,13H,9-10,12H2,1-2H3,(H,20,23). The van der Waals surface area contributed by atoms with Gasteiger partial charge in [-0.1, -0.05) is 13.0 Å². The lowest BCUT2D eigenvalue weighted by Crippen LogP contribution is -2.19. The zero-order valence-corrected chi connectivity index (χ0v) is 14.4. The van der Waals surface area contributed by atoms with Crippen molar-refractivity contribution in [2.45, 2.75) is 20.3 Å². The minimum absolute atomic E-state index is 0.0499. The second kappa shape index (κ2) is 6.93. The first-order valence-corrected chi connectivity index (χ1v) is 8.35. The molecule has 1 heterocycles. The Hall–Kier alpha value is -2.89. The monoisotopic (exact) mass is 339 g/mol. The van der Waals surface area contributed by atoms with Gasteiger partial charge in [0, 0.05) is 41.7 Å². The smallest absolute Gasteiger partial charge is 0.273 e. The summed E-state index contributed by atoms with van der Waals surface area (Å²) < 4.78 is 0. The molecule has 0 aromatic heterocycles. The molecule has 1 aliphatic rings. The van der Waals surface area contributed by atoms with Gasteiger partial charge >= 0.3 is 0 Å². The lowest BCUT2D eigenvalue weighted by Gasteiger charge is -2.18. The van der Waals surface area contributed by atoms with E-state index in [1.54, 1.807) is 19.1 Å². The van der Waals surface area contributed by atoms with Crippen molar-refractivity contribution in [1.82, 2.24) is 0 Å². The summed E-state index contributed by atoms with van der Waals surface area (Å²) in [4.78, 5) is 25.2. The minimum atomic E-state index is -0.474. The molecular formula is C19H21N3O3. The average molecular weight is 339 g/mol. The molecule has 1 fully saturated rings. The van der Waals surface area contributed by atoms with Crippen LogP contribution in [0.4, 0.5) is 17.1 Å². The van der Waals surface area contributed by atoms with Crippen molar-refractivity contribution < 1.29 is 9.72 Å². The molecule has 1 atom stereocenters. The zero-order chi connectivity index (χ0) is 18.0. The van der Waals surface area contributed by atoms with Gasteiger partial charge in [0.15, 0.2) is 0 Å². The average Bonchev–Trinajstić information content (AvgIpc) is 3.02. The third kappa shape index (κ3) is 3.79. The summed E-state index contributed by atoms with van der Waals surface area (Å²) >= 11 is 0. The van der Waals surface area contributed by atoms with Crippen LogP contribution in [0.5, 0.6) is 0 Å². The molecule has 1 saturated heterocycles. The van der Waals surface area contributed by atoms with E-state index >= 15 is 0 Å². The predicted molar refractivity (Wildman–Crippen MR) is 98.2 cm³/mol. The normalized spacial score (nSPS) is 16.7. The maximum absolute atomic E-state index is 12.3. The molecule has 130 valence electrons. The number of nitrogens with one attached hydrogen (secondary N) is 1. The second-order valence-corrected chi connectivity index (χ2v) is 6.60. The molecule has 1 aliphatic heterocycles. The quantitative estimate of drug-likeness (QED) is 0.675. The molecule has 0 spiro atoms. The van der Waals surface area contributed by atoms with Crippen LogP contribution in [0.3, 0.4) is 0 Å². The van der Waals surface area contributed by atoms with Crippen LogP contribution in [0.2, 0.25) is 0 Å². The molecule has 0 aliphatic carbocycles. The lowest BCUT2D eigenvalue weighted by atomic mass is 10.1. The number of aryl methyl sites for hydroxylation is 1. The largest absolute Gasteiger partial charge is 0.371 e. The van der Waals surface area contributed by atoms with E-state index in [0.29, 0.717) is 17.2 Å². The Morgan fingerprint density at radius 3 is 2.56 bits per heavy atom. The van der Waals surface area contributed by atoms with E-state index < -0.39 is 4.92 Å². The number of nitro groups is 1. The summed E-state index contributed by atoms with van der Waals surface area (Å²) in [6.45, 7) is 6.01. The second-order valence-electron chi connectivity index (χ2n) is 6.60. The Kier molecular flexibility index (Phi) is 4.70. The Balaban J connectivity index is 1.71.